The maximum Gasteiger partial charge on any atom is 0.332 e. The highest BCUT2D eigenvalue weighted by Gasteiger charge is 2.37. The van der Waals surface area contributed by atoms with Crippen molar-refractivity contribution in [2.45, 2.75) is 103 Å². The van der Waals surface area contributed by atoms with Crippen molar-refractivity contribution in [3.8, 4) is 0 Å². The van der Waals surface area contributed by atoms with Crippen LogP contribution in [-0.2, 0) is 28.8 Å². The fourth-order valence-electron chi connectivity index (χ4n) is 4.00. The molecule has 0 bridgehead atoms. The van der Waals surface area contributed by atoms with E-state index in [0.29, 0.717) is 11.8 Å². The molecule has 0 radical (unpaired) electrons. The van der Waals surface area contributed by atoms with E-state index in [9.17, 15) is 4.79 Å². The third-order valence-corrected chi connectivity index (χ3v) is 5.06. The second-order valence-corrected chi connectivity index (χ2v) is 10.1. The minimum atomic E-state index is -0.470. The van der Waals surface area contributed by atoms with E-state index >= 15 is 0 Å². The zero-order valence-corrected chi connectivity index (χ0v) is 18.4. The van der Waals surface area contributed by atoms with E-state index in [1.807, 2.05) is 41.5 Å². The molecule has 0 saturated heterocycles. The molecule has 0 aromatic heterocycles. The van der Waals surface area contributed by atoms with Crippen molar-refractivity contribution in [1.29, 1.82) is 0 Å². The van der Waals surface area contributed by atoms with E-state index in [0.717, 1.165) is 38.5 Å². The zero-order chi connectivity index (χ0) is 20.9. The Hall–Kier alpha value is -1.27. The van der Waals surface area contributed by atoms with E-state index in [1.165, 1.54) is 0 Å². The average molecular weight is 399 g/mol. The van der Waals surface area contributed by atoms with E-state index in [1.54, 1.807) is 0 Å². The zero-order valence-electron chi connectivity index (χ0n) is 18.4. The van der Waals surface area contributed by atoms with Crippen molar-refractivity contribution in [1.82, 2.24) is 0 Å². The Kier molecular flexibility index (Phi) is 7.80. The minimum absolute atomic E-state index is 0.0377. The Morgan fingerprint density at radius 3 is 2.04 bits per heavy atom. The molecular formula is C22H38O6. The minimum Gasteiger partial charge on any atom is -0.460 e. The van der Waals surface area contributed by atoms with Gasteiger partial charge in [0.15, 0.2) is 0 Å². The summed E-state index contributed by atoms with van der Waals surface area (Å²) in [5.74, 6) is 1.18. The normalized spacial score (nSPS) is 28.2. The highest BCUT2D eigenvalue weighted by Crippen LogP contribution is 2.42. The van der Waals surface area contributed by atoms with Gasteiger partial charge in [0.2, 0.25) is 0 Å². The number of fused-ring (bicyclic) bond motifs is 1. The first-order valence-electron chi connectivity index (χ1n) is 10.5. The standard InChI is InChI=1S/C22H38O6/c1-15(27-28-22(5,6)7)25-19-11-9-16-12-18(10-8-17(16)13-19)24-14-20(23)26-21(2,3)4/h16-19H,1,8-14H2,2-7H3. The van der Waals surface area contributed by atoms with Gasteiger partial charge in [-0.15, -0.1) is 0 Å². The van der Waals surface area contributed by atoms with Crippen molar-refractivity contribution in [3.63, 3.8) is 0 Å². The first-order chi connectivity index (χ1) is 12.9. The number of carbonyl (C=O) groups is 1. The van der Waals surface area contributed by atoms with Gasteiger partial charge in [-0.05, 0) is 98.5 Å². The van der Waals surface area contributed by atoms with Gasteiger partial charge in [-0.3, -0.25) is 4.89 Å². The number of rotatable bonds is 7. The number of esters is 1. The molecule has 0 aromatic carbocycles. The summed E-state index contributed by atoms with van der Waals surface area (Å²) >= 11 is 0. The molecule has 2 fully saturated rings. The smallest absolute Gasteiger partial charge is 0.332 e. The molecule has 4 atom stereocenters. The largest absolute Gasteiger partial charge is 0.460 e. The molecule has 0 heterocycles. The van der Waals surface area contributed by atoms with E-state index in [-0.39, 0.29) is 30.7 Å². The maximum absolute atomic E-state index is 11.9. The first-order valence-corrected chi connectivity index (χ1v) is 10.5. The number of hydrogen-bond donors (Lipinski definition) is 0. The van der Waals surface area contributed by atoms with Crippen LogP contribution in [0.1, 0.15) is 80.1 Å². The lowest BCUT2D eigenvalue weighted by molar-refractivity contribution is -0.347. The van der Waals surface area contributed by atoms with Crippen molar-refractivity contribution in [2.75, 3.05) is 6.61 Å². The fourth-order valence-corrected chi connectivity index (χ4v) is 4.00. The molecule has 2 rings (SSSR count). The van der Waals surface area contributed by atoms with Crippen LogP contribution in [0.2, 0.25) is 0 Å². The summed E-state index contributed by atoms with van der Waals surface area (Å²) in [6.07, 6.45) is 6.40. The second kappa shape index (κ2) is 9.49. The van der Waals surface area contributed by atoms with E-state index < -0.39 is 11.2 Å². The lowest BCUT2D eigenvalue weighted by atomic mass is 9.69. The molecule has 2 aliphatic carbocycles. The van der Waals surface area contributed by atoms with Gasteiger partial charge >= 0.3 is 11.9 Å². The number of carbonyl (C=O) groups excluding carboxylic acids is 1. The maximum atomic E-state index is 11.9. The lowest BCUT2D eigenvalue weighted by Gasteiger charge is -2.41. The summed E-state index contributed by atoms with van der Waals surface area (Å²) in [4.78, 5) is 22.3. The Labute approximate surface area is 169 Å². The highest BCUT2D eigenvalue weighted by molar-refractivity contribution is 5.71. The molecule has 0 N–H and O–H groups in total. The fraction of sp³-hybridized carbons (Fsp3) is 0.864. The molecule has 0 aliphatic heterocycles. The topological polar surface area (TPSA) is 63.2 Å². The molecule has 2 aliphatic rings. The molecule has 0 aromatic rings. The van der Waals surface area contributed by atoms with Gasteiger partial charge in [-0.25, -0.2) is 4.79 Å². The van der Waals surface area contributed by atoms with Gasteiger partial charge < -0.3 is 14.2 Å². The lowest BCUT2D eigenvalue weighted by Crippen LogP contribution is -2.37. The van der Waals surface area contributed by atoms with Crippen LogP contribution < -0.4 is 0 Å². The Morgan fingerprint density at radius 1 is 0.893 bits per heavy atom. The molecular weight excluding hydrogens is 360 g/mol. The van der Waals surface area contributed by atoms with Crippen LogP contribution >= 0.6 is 0 Å². The summed E-state index contributed by atoms with van der Waals surface area (Å²) in [5, 5.41) is 0. The van der Waals surface area contributed by atoms with Crippen LogP contribution in [0.25, 0.3) is 0 Å². The predicted octanol–water partition coefficient (Wildman–Crippen LogP) is 4.92. The summed E-state index contributed by atoms with van der Waals surface area (Å²) < 4.78 is 17.0. The monoisotopic (exact) mass is 398 g/mol. The Bertz CT molecular complexity index is 530. The Morgan fingerprint density at radius 2 is 1.46 bits per heavy atom. The molecule has 4 unspecified atom stereocenters. The quantitative estimate of drug-likeness (QED) is 0.263. The molecule has 0 spiro atoms. The predicted molar refractivity (Wildman–Crippen MR) is 106 cm³/mol. The van der Waals surface area contributed by atoms with Crippen LogP contribution in [0.5, 0.6) is 0 Å². The van der Waals surface area contributed by atoms with Crippen LogP contribution in [0.15, 0.2) is 12.5 Å². The van der Waals surface area contributed by atoms with E-state index in [4.69, 9.17) is 24.0 Å². The third-order valence-electron chi connectivity index (χ3n) is 5.06. The number of ether oxygens (including phenoxy) is 3. The molecule has 28 heavy (non-hydrogen) atoms. The average Bonchev–Trinajstić information content (AvgIpc) is 2.56. The van der Waals surface area contributed by atoms with Gasteiger partial charge in [-0.1, -0.05) is 0 Å². The van der Waals surface area contributed by atoms with E-state index in [2.05, 4.69) is 6.58 Å². The summed E-state index contributed by atoms with van der Waals surface area (Å²) in [6, 6.07) is 0. The molecule has 6 nitrogen and oxygen atoms in total. The van der Waals surface area contributed by atoms with Crippen LogP contribution in [0, 0.1) is 11.8 Å². The van der Waals surface area contributed by atoms with Gasteiger partial charge in [0.25, 0.3) is 0 Å². The van der Waals surface area contributed by atoms with Crippen molar-refractivity contribution in [3.05, 3.63) is 12.5 Å². The molecule has 6 heteroatoms. The molecule has 162 valence electrons. The molecule has 0 amide bonds. The SMILES string of the molecule is C=C(OOC(C)(C)C)OC1CCC2CC(OCC(=O)OC(C)(C)C)CCC2C1. The van der Waals surface area contributed by atoms with Crippen molar-refractivity contribution < 1.29 is 28.8 Å². The highest BCUT2D eigenvalue weighted by atomic mass is 17.2. The van der Waals surface area contributed by atoms with Crippen molar-refractivity contribution >= 4 is 5.97 Å². The van der Waals surface area contributed by atoms with Crippen LogP contribution in [0.4, 0.5) is 0 Å². The first kappa shape index (κ1) is 23.0. The summed E-state index contributed by atoms with van der Waals surface area (Å²) in [7, 11) is 0. The Balaban J connectivity index is 1.69. The van der Waals surface area contributed by atoms with Crippen LogP contribution in [-0.4, -0.2) is 36.0 Å². The summed E-state index contributed by atoms with van der Waals surface area (Å²) in [6.45, 7) is 15.2. The van der Waals surface area contributed by atoms with Crippen LogP contribution in [0.3, 0.4) is 0 Å². The van der Waals surface area contributed by atoms with Gasteiger partial charge in [0.05, 0.1) is 6.10 Å². The van der Waals surface area contributed by atoms with Gasteiger partial charge in [-0.2, -0.15) is 4.89 Å². The molecule has 2 saturated carbocycles. The van der Waals surface area contributed by atoms with Gasteiger partial charge in [0.1, 0.15) is 23.9 Å². The van der Waals surface area contributed by atoms with Gasteiger partial charge in [0, 0.05) is 0 Å². The second-order valence-electron chi connectivity index (χ2n) is 10.1. The third kappa shape index (κ3) is 8.39. The number of hydrogen-bond acceptors (Lipinski definition) is 6. The van der Waals surface area contributed by atoms with Crippen molar-refractivity contribution in [2.24, 2.45) is 11.8 Å². The summed E-state index contributed by atoms with van der Waals surface area (Å²) in [5.41, 5.74) is -0.871.